The lowest BCUT2D eigenvalue weighted by atomic mass is 10.1. The Morgan fingerprint density at radius 1 is 1.33 bits per heavy atom. The third-order valence-electron chi connectivity index (χ3n) is 3.05. The second-order valence-corrected chi connectivity index (χ2v) is 5.24. The van der Waals surface area contributed by atoms with Crippen molar-refractivity contribution in [2.75, 3.05) is 25.7 Å². The molecule has 0 N–H and O–H groups in total. The maximum Gasteiger partial charge on any atom is 0.240 e. The lowest BCUT2D eigenvalue weighted by Gasteiger charge is -2.30. The summed E-state index contributed by atoms with van der Waals surface area (Å²) in [5, 5.41) is 0. The molecular formula is C13H16BrNO3. The number of hydrogen-bond donors (Lipinski definition) is 0. The molecule has 18 heavy (non-hydrogen) atoms. The number of carbonyl (C=O) groups excluding carboxylic acids is 1. The molecule has 1 atom stereocenters. The molecule has 1 amide bonds. The van der Waals surface area contributed by atoms with E-state index >= 15 is 0 Å². The molecule has 2 rings (SSSR count). The molecule has 5 heteroatoms. The van der Waals surface area contributed by atoms with Gasteiger partial charge < -0.3 is 14.4 Å². The summed E-state index contributed by atoms with van der Waals surface area (Å²) in [6.45, 7) is 0.726. The molecule has 1 fully saturated rings. The molecule has 0 radical (unpaired) electrons. The van der Waals surface area contributed by atoms with Gasteiger partial charge in [0.1, 0.15) is 11.5 Å². The summed E-state index contributed by atoms with van der Waals surface area (Å²) >= 11 is 3.41. The van der Waals surface area contributed by atoms with E-state index in [1.165, 1.54) is 0 Å². The van der Waals surface area contributed by atoms with Crippen LogP contribution in [-0.2, 0) is 4.79 Å². The zero-order valence-corrected chi connectivity index (χ0v) is 12.1. The van der Waals surface area contributed by atoms with Crippen LogP contribution in [0.3, 0.4) is 0 Å². The molecule has 1 heterocycles. The molecule has 98 valence electrons. The number of hydrogen-bond acceptors (Lipinski definition) is 3. The van der Waals surface area contributed by atoms with Gasteiger partial charge in [-0.2, -0.15) is 0 Å². The molecule has 0 aliphatic carbocycles. The highest BCUT2D eigenvalue weighted by molar-refractivity contribution is 9.10. The van der Waals surface area contributed by atoms with E-state index in [2.05, 4.69) is 15.9 Å². The van der Waals surface area contributed by atoms with Crippen molar-refractivity contribution in [1.82, 2.24) is 0 Å². The zero-order valence-electron chi connectivity index (χ0n) is 10.5. The summed E-state index contributed by atoms with van der Waals surface area (Å²) < 4.78 is 10.5. The van der Waals surface area contributed by atoms with Crippen LogP contribution in [0.4, 0.5) is 5.69 Å². The van der Waals surface area contributed by atoms with E-state index in [0.717, 1.165) is 30.8 Å². The van der Waals surface area contributed by atoms with Gasteiger partial charge >= 0.3 is 0 Å². The molecule has 1 unspecified atom stereocenters. The average molecular weight is 314 g/mol. The van der Waals surface area contributed by atoms with Crippen molar-refractivity contribution in [3.63, 3.8) is 0 Å². The standard InChI is InChI=1S/C13H16BrNO3/c1-17-9-5-6-11(12(8-9)18-2)15-7-3-4-10(14)13(15)16/h5-6,8,10H,3-4,7H2,1-2H3. The van der Waals surface area contributed by atoms with Gasteiger partial charge in [0.15, 0.2) is 0 Å². The monoisotopic (exact) mass is 313 g/mol. The molecule has 0 spiro atoms. The Balaban J connectivity index is 2.34. The first-order valence-corrected chi connectivity index (χ1v) is 6.76. The Morgan fingerprint density at radius 3 is 2.78 bits per heavy atom. The number of carbonyl (C=O) groups is 1. The molecule has 1 aliphatic rings. The minimum Gasteiger partial charge on any atom is -0.497 e. The van der Waals surface area contributed by atoms with Crippen LogP contribution in [0.2, 0.25) is 0 Å². The predicted octanol–water partition coefficient (Wildman–Crippen LogP) is 2.59. The van der Waals surface area contributed by atoms with Gasteiger partial charge in [0.05, 0.1) is 24.7 Å². The van der Waals surface area contributed by atoms with E-state index in [0.29, 0.717) is 5.75 Å². The highest BCUT2D eigenvalue weighted by Gasteiger charge is 2.29. The first-order chi connectivity index (χ1) is 8.67. The fourth-order valence-electron chi connectivity index (χ4n) is 2.08. The molecule has 0 bridgehead atoms. The minimum absolute atomic E-state index is 0.0877. The van der Waals surface area contributed by atoms with Gasteiger partial charge in [-0.25, -0.2) is 0 Å². The van der Waals surface area contributed by atoms with E-state index in [-0.39, 0.29) is 10.7 Å². The number of methoxy groups -OCH3 is 2. The molecule has 1 aliphatic heterocycles. The molecule has 1 aromatic rings. The van der Waals surface area contributed by atoms with Crippen LogP contribution >= 0.6 is 15.9 Å². The first kappa shape index (κ1) is 13.2. The highest BCUT2D eigenvalue weighted by atomic mass is 79.9. The van der Waals surface area contributed by atoms with Crippen molar-refractivity contribution in [2.45, 2.75) is 17.7 Å². The van der Waals surface area contributed by atoms with E-state index in [1.807, 2.05) is 12.1 Å². The summed E-state index contributed by atoms with van der Waals surface area (Å²) in [6.07, 6.45) is 1.87. The molecule has 4 nitrogen and oxygen atoms in total. The Morgan fingerprint density at radius 2 is 2.11 bits per heavy atom. The maximum atomic E-state index is 12.1. The van der Waals surface area contributed by atoms with Crippen molar-refractivity contribution >= 4 is 27.5 Å². The maximum absolute atomic E-state index is 12.1. The molecule has 0 saturated carbocycles. The average Bonchev–Trinajstić information content (AvgIpc) is 2.41. The van der Waals surface area contributed by atoms with Crippen molar-refractivity contribution in [2.24, 2.45) is 0 Å². The number of amides is 1. The third kappa shape index (κ3) is 2.46. The summed E-state index contributed by atoms with van der Waals surface area (Å²) in [5.41, 5.74) is 0.799. The Kier molecular flexibility index (Phi) is 4.11. The molecule has 1 saturated heterocycles. The second kappa shape index (κ2) is 5.61. The highest BCUT2D eigenvalue weighted by Crippen LogP contribution is 2.35. The van der Waals surface area contributed by atoms with Gasteiger partial charge in [-0.3, -0.25) is 4.79 Å². The zero-order chi connectivity index (χ0) is 13.1. The van der Waals surface area contributed by atoms with Gasteiger partial charge in [0.2, 0.25) is 5.91 Å². The predicted molar refractivity (Wildman–Crippen MR) is 73.8 cm³/mol. The Labute approximate surface area is 115 Å². The van der Waals surface area contributed by atoms with Gasteiger partial charge in [0, 0.05) is 12.6 Å². The number of rotatable bonds is 3. The van der Waals surface area contributed by atoms with Crippen LogP contribution in [0.25, 0.3) is 0 Å². The lowest BCUT2D eigenvalue weighted by Crippen LogP contribution is -2.41. The number of anilines is 1. The number of benzene rings is 1. The second-order valence-electron chi connectivity index (χ2n) is 4.14. The van der Waals surface area contributed by atoms with E-state index in [4.69, 9.17) is 9.47 Å². The van der Waals surface area contributed by atoms with Gasteiger partial charge in [-0.1, -0.05) is 15.9 Å². The van der Waals surface area contributed by atoms with Crippen LogP contribution in [-0.4, -0.2) is 31.5 Å². The number of piperidine rings is 1. The lowest BCUT2D eigenvalue weighted by molar-refractivity contribution is -0.118. The van der Waals surface area contributed by atoms with E-state index in [9.17, 15) is 4.79 Å². The van der Waals surface area contributed by atoms with Crippen LogP contribution in [0.15, 0.2) is 18.2 Å². The quantitative estimate of drug-likeness (QED) is 0.805. The number of halogens is 1. The summed E-state index contributed by atoms with van der Waals surface area (Å²) in [6, 6.07) is 5.49. The minimum atomic E-state index is -0.0990. The topological polar surface area (TPSA) is 38.8 Å². The first-order valence-electron chi connectivity index (χ1n) is 5.85. The van der Waals surface area contributed by atoms with E-state index in [1.54, 1.807) is 25.2 Å². The van der Waals surface area contributed by atoms with Crippen molar-refractivity contribution in [1.29, 1.82) is 0 Å². The summed E-state index contributed by atoms with van der Waals surface area (Å²) in [7, 11) is 3.20. The van der Waals surface area contributed by atoms with Crippen molar-refractivity contribution in [3.05, 3.63) is 18.2 Å². The van der Waals surface area contributed by atoms with Gasteiger partial charge in [-0.05, 0) is 25.0 Å². The SMILES string of the molecule is COc1ccc(N2CCCC(Br)C2=O)c(OC)c1. The normalized spacial score (nSPS) is 19.8. The largest absolute Gasteiger partial charge is 0.497 e. The number of nitrogens with zero attached hydrogens (tertiary/aromatic N) is 1. The molecule has 0 aromatic heterocycles. The third-order valence-corrected chi connectivity index (χ3v) is 3.90. The molecule has 1 aromatic carbocycles. The van der Waals surface area contributed by atoms with Crippen LogP contribution in [0.1, 0.15) is 12.8 Å². The Bertz CT molecular complexity index is 450. The smallest absolute Gasteiger partial charge is 0.240 e. The Hall–Kier alpha value is -1.23. The van der Waals surface area contributed by atoms with E-state index < -0.39 is 0 Å². The fraction of sp³-hybridized carbons (Fsp3) is 0.462. The fourth-order valence-corrected chi connectivity index (χ4v) is 2.65. The van der Waals surface area contributed by atoms with Gasteiger partial charge in [0.25, 0.3) is 0 Å². The van der Waals surface area contributed by atoms with Crippen molar-refractivity contribution < 1.29 is 14.3 Å². The molecular weight excluding hydrogens is 298 g/mol. The van der Waals surface area contributed by atoms with Crippen LogP contribution < -0.4 is 14.4 Å². The van der Waals surface area contributed by atoms with Crippen molar-refractivity contribution in [3.8, 4) is 11.5 Å². The number of ether oxygens (including phenoxy) is 2. The summed E-state index contributed by atoms with van der Waals surface area (Å²) in [4.78, 5) is 13.8. The van der Waals surface area contributed by atoms with Crippen LogP contribution in [0, 0.1) is 0 Å². The number of alkyl halides is 1. The van der Waals surface area contributed by atoms with Gasteiger partial charge in [-0.15, -0.1) is 0 Å². The summed E-state index contributed by atoms with van der Waals surface area (Å²) in [5.74, 6) is 1.46. The van der Waals surface area contributed by atoms with Crippen LogP contribution in [0.5, 0.6) is 11.5 Å².